The Morgan fingerprint density at radius 2 is 1.18 bits per heavy atom. The zero-order valence-corrected chi connectivity index (χ0v) is 57.3. The second-order valence-corrected chi connectivity index (χ2v) is 21.6. The van der Waals surface area contributed by atoms with Crippen LogP contribution in [0.25, 0.3) is 54.9 Å². The van der Waals surface area contributed by atoms with Crippen molar-refractivity contribution in [3.05, 3.63) is 198 Å². The molecule has 0 saturated carbocycles. The average molecular weight is 1350 g/mol. The second kappa shape index (κ2) is 42.0. The molecule has 8 aromatic rings. The number of H-pyrrole nitrogens is 3. The van der Waals surface area contributed by atoms with Gasteiger partial charge in [0.25, 0.3) is 11.1 Å². The van der Waals surface area contributed by atoms with Crippen molar-refractivity contribution in [1.29, 1.82) is 5.41 Å². The van der Waals surface area contributed by atoms with Gasteiger partial charge in [-0.25, -0.2) is 42.7 Å². The van der Waals surface area contributed by atoms with Crippen molar-refractivity contribution in [3.63, 3.8) is 0 Å². The maximum atomic E-state index is 12.3. The fraction of sp³-hybridized carbons (Fsp3) is 0.368. The van der Waals surface area contributed by atoms with Gasteiger partial charge in [-0.15, -0.1) is 11.6 Å². The summed E-state index contributed by atoms with van der Waals surface area (Å²) in [5.41, 5.74) is 18.4. The maximum Gasteiger partial charge on any atom is 0.390 e. The number of amidine groups is 1. The van der Waals surface area contributed by atoms with Gasteiger partial charge in [0.2, 0.25) is 0 Å². The van der Waals surface area contributed by atoms with Crippen molar-refractivity contribution in [2.45, 2.75) is 90.6 Å². The minimum atomic E-state index is -0.884. The number of carbonyl (C=O) groups excluding carboxylic acids is 2. The molecule has 25 nitrogen and oxygen atoms in total. The number of nitrogens with zero attached hydrogens (tertiary/aromatic N) is 6. The van der Waals surface area contributed by atoms with Crippen LogP contribution in [0.4, 0.5) is 11.6 Å². The van der Waals surface area contributed by atoms with Crippen LogP contribution < -0.4 is 27.9 Å². The Kier molecular flexibility index (Phi) is 35.3. The standard InChI is InChI=1S/C15H19N3O3.C14H12ClN3.C13H13N3O.C9H15NO4.C7H8N2.C5H11ClO2.C5H7NO2/c1-9(15(20-2)21-3)11-12(16)17-13(18-14(11)19)10-7-5-4-6-8-10;1-8-9(2)16-14-11(8)12(15)17-13(18-14)10-6-4-3-5-7-10;1-8-7-14-12-10(8)13(17)16-11(15-12)9-5-3-2-4-6-9;1-6(9(13-4)14-5)7(10-2)8(11)12-3;8-7(9)6-4-2-1-3-5-6;1-4(6)5(7-2)8-3;1-3-8-5(7)4-6-2/h4-9,15H,1-3H3,(H3,16,17,18,19);3-7H,1-2H3,(H,16,17,18);2-6,8H,7H2,1H3,(H2,14,15,16,17);6-7,9H,1,3-5H3;1-5H,(H3,8,9);4-5H,1-3H3;3-4H2,1H3. The molecular weight excluding hydrogens is 1260 g/mol. The number of aromatic nitrogens is 7. The van der Waals surface area contributed by atoms with Crippen LogP contribution in [0.1, 0.15) is 74.4 Å². The lowest BCUT2D eigenvalue weighted by molar-refractivity contribution is -0.156. The van der Waals surface area contributed by atoms with Crippen LogP contribution in [-0.2, 0) is 47.5 Å². The minimum Gasteiger partial charge on any atom is -0.463 e. The Balaban J connectivity index is 0.000000297. The van der Waals surface area contributed by atoms with Gasteiger partial charge in [-0.05, 0) is 40.2 Å². The lowest BCUT2D eigenvalue weighted by Gasteiger charge is -2.21. The summed E-state index contributed by atoms with van der Waals surface area (Å²) in [5.74, 6) is 1.27. The van der Waals surface area contributed by atoms with Gasteiger partial charge in [0.05, 0.1) is 41.5 Å². The number of halogens is 2. The zero-order valence-electron chi connectivity index (χ0n) is 55.8. The molecule has 0 radical (unpaired) electrons. The largest absolute Gasteiger partial charge is 0.463 e. The van der Waals surface area contributed by atoms with Gasteiger partial charge < -0.3 is 79.3 Å². The van der Waals surface area contributed by atoms with Crippen LogP contribution in [0.3, 0.4) is 0 Å². The third-order valence-electron chi connectivity index (χ3n) is 14.0. The predicted octanol–water partition coefficient (Wildman–Crippen LogP) is 11.0. The van der Waals surface area contributed by atoms with Gasteiger partial charge in [0.1, 0.15) is 39.9 Å². The number of hydrogen-bond acceptors (Lipinski definition) is 19. The van der Waals surface area contributed by atoms with E-state index in [0.29, 0.717) is 34.8 Å². The SMILES string of the molecule is CC1CNc2nc(-c3ccccc3)[nH]c(=O)c21.COC(OC)C(C)Cl.COC(OC)C(C)c1c(N)nc(-c2ccccc2)[nH]c1=O.Cc1[nH]c2nc(-c3ccccc3)nc(Cl)c2c1C.N=C(N)c1ccccc1.[C-]#[N+]C(C(=O)OC)C(C)C(OC)OC.[C-]#[N+]CC(=O)OCC. The zero-order chi connectivity index (χ0) is 70.7. The molecule has 1 aliphatic heterocycles. The Morgan fingerprint density at radius 1 is 0.695 bits per heavy atom. The number of methoxy groups -OCH3 is 7. The summed E-state index contributed by atoms with van der Waals surface area (Å²) in [7, 11) is 10.3. The molecule has 27 heteroatoms. The van der Waals surface area contributed by atoms with Crippen LogP contribution in [0.2, 0.25) is 5.15 Å². The molecule has 4 aromatic heterocycles. The lowest BCUT2D eigenvalue weighted by Crippen LogP contribution is -2.36. The van der Waals surface area contributed by atoms with Crippen LogP contribution in [0.15, 0.2) is 131 Å². The van der Waals surface area contributed by atoms with Gasteiger partial charge >= 0.3 is 24.5 Å². The summed E-state index contributed by atoms with van der Waals surface area (Å²) in [6, 6.07) is 37.2. The molecule has 0 aliphatic carbocycles. The maximum absolute atomic E-state index is 12.3. The Hall–Kier alpha value is -9.41. The lowest BCUT2D eigenvalue weighted by atomic mass is 10.0. The number of aryl methyl sites for hydroxylation is 2. The first-order valence-electron chi connectivity index (χ1n) is 29.6. The normalized spacial score (nSPS) is 12.9. The number of nitrogens with two attached hydrogens (primary N) is 2. The van der Waals surface area contributed by atoms with Gasteiger partial charge in [-0.3, -0.25) is 15.0 Å². The molecule has 5 unspecified atom stereocenters. The molecule has 508 valence electrons. The van der Waals surface area contributed by atoms with Crippen LogP contribution in [0, 0.1) is 38.3 Å². The van der Waals surface area contributed by atoms with Crippen molar-refractivity contribution >= 4 is 63.6 Å². The summed E-state index contributed by atoms with van der Waals surface area (Å²) in [4.78, 5) is 78.2. The minimum absolute atomic E-state index is 0.0358. The summed E-state index contributed by atoms with van der Waals surface area (Å²) < 4.78 is 38.8. The van der Waals surface area contributed by atoms with E-state index in [1.165, 1.54) is 35.5 Å². The molecule has 5 atom stereocenters. The third-order valence-corrected chi connectivity index (χ3v) is 14.5. The number of carbonyl (C=O) groups is 2. The van der Waals surface area contributed by atoms with E-state index in [0.717, 1.165) is 62.5 Å². The Morgan fingerprint density at radius 3 is 1.60 bits per heavy atom. The highest BCUT2D eigenvalue weighted by molar-refractivity contribution is 6.34. The summed E-state index contributed by atoms with van der Waals surface area (Å²) in [5, 5.41) is 11.5. The van der Waals surface area contributed by atoms with E-state index in [9.17, 15) is 19.2 Å². The number of rotatable bonds is 18. The third kappa shape index (κ3) is 24.5. The van der Waals surface area contributed by atoms with E-state index in [1.807, 2.05) is 156 Å². The first-order valence-corrected chi connectivity index (χ1v) is 30.4. The quantitative estimate of drug-likeness (QED) is 0.00798. The topological polar surface area (TPSA) is 338 Å². The number of ether oxygens (including phenoxy) is 8. The molecule has 9 rings (SSSR count). The number of alkyl halides is 1. The van der Waals surface area contributed by atoms with Crippen LogP contribution >= 0.6 is 23.2 Å². The number of aromatic amines is 3. The molecule has 9 N–H and O–H groups in total. The molecular formula is C68H85Cl2N13O12. The molecule has 0 spiro atoms. The second-order valence-electron chi connectivity index (χ2n) is 20.5. The van der Waals surface area contributed by atoms with E-state index in [4.69, 9.17) is 81.6 Å². The highest BCUT2D eigenvalue weighted by Gasteiger charge is 2.37. The van der Waals surface area contributed by atoms with Crippen molar-refractivity contribution in [3.8, 4) is 34.2 Å². The van der Waals surface area contributed by atoms with Crippen molar-refractivity contribution in [1.82, 2.24) is 34.9 Å². The molecule has 0 amide bonds. The van der Waals surface area contributed by atoms with E-state index in [2.05, 4.69) is 59.4 Å². The number of nitrogen functional groups attached to an aromatic ring is 2. The summed E-state index contributed by atoms with van der Waals surface area (Å²) >= 11 is 11.9. The molecule has 0 bridgehead atoms. The smallest absolute Gasteiger partial charge is 0.390 e. The summed E-state index contributed by atoms with van der Waals surface area (Å²) in [6.07, 6.45) is -1.41. The van der Waals surface area contributed by atoms with E-state index < -0.39 is 30.6 Å². The van der Waals surface area contributed by atoms with Crippen LogP contribution in [0.5, 0.6) is 0 Å². The number of benzene rings is 4. The van der Waals surface area contributed by atoms with Crippen molar-refractivity contribution in [2.24, 2.45) is 11.7 Å². The highest BCUT2D eigenvalue weighted by atomic mass is 35.5. The van der Waals surface area contributed by atoms with Gasteiger partial charge in [0.15, 0.2) is 24.7 Å². The highest BCUT2D eigenvalue weighted by Crippen LogP contribution is 2.30. The monoisotopic (exact) mass is 1350 g/mol. The number of nitrogens with one attached hydrogen (secondary N) is 5. The first-order chi connectivity index (χ1) is 45.4. The number of anilines is 2. The number of fused-ring (bicyclic) bond motifs is 2. The Labute approximate surface area is 563 Å². The van der Waals surface area contributed by atoms with E-state index >= 15 is 0 Å². The van der Waals surface area contributed by atoms with E-state index in [-0.39, 0.29) is 58.7 Å². The molecule has 5 heterocycles. The number of esters is 2. The van der Waals surface area contributed by atoms with Gasteiger partial charge in [0, 0.05) is 89.0 Å². The van der Waals surface area contributed by atoms with Crippen LogP contribution in [-0.4, -0.2) is 152 Å². The van der Waals surface area contributed by atoms with Gasteiger partial charge in [-0.1, -0.05) is 147 Å². The molecule has 0 fully saturated rings. The first kappa shape index (κ1) is 79.8. The fourth-order valence-electron chi connectivity index (χ4n) is 9.04. The fourth-order valence-corrected chi connectivity index (χ4v) is 9.56. The van der Waals surface area contributed by atoms with Crippen molar-refractivity contribution in [2.75, 3.05) is 80.5 Å². The predicted molar refractivity (Wildman–Crippen MR) is 370 cm³/mol. The molecule has 1 aliphatic rings. The molecule has 4 aromatic carbocycles. The number of hydrogen-bond donors (Lipinski definition) is 7. The van der Waals surface area contributed by atoms with E-state index in [1.54, 1.807) is 28.1 Å². The molecule has 95 heavy (non-hydrogen) atoms. The average Bonchev–Trinajstić information content (AvgIpc) is 1.72. The van der Waals surface area contributed by atoms with Gasteiger partial charge in [-0.2, -0.15) is 0 Å². The summed E-state index contributed by atoms with van der Waals surface area (Å²) in [6.45, 7) is 27.2. The van der Waals surface area contributed by atoms with Crippen molar-refractivity contribution < 1.29 is 47.5 Å². The Bertz CT molecular complexity index is 3840. The molecule has 0 saturated heterocycles.